The molecular weight excluding hydrogens is 228 g/mol. The van der Waals surface area contributed by atoms with Gasteiger partial charge in [-0.05, 0) is 33.6 Å². The van der Waals surface area contributed by atoms with Crippen molar-refractivity contribution >= 4 is 11.6 Å². The summed E-state index contributed by atoms with van der Waals surface area (Å²) >= 11 is 0. The van der Waals surface area contributed by atoms with Crippen LogP contribution in [-0.4, -0.2) is 27.2 Å². The molecule has 0 aliphatic heterocycles. The number of rotatable bonds is 6. The van der Waals surface area contributed by atoms with Crippen molar-refractivity contribution in [1.82, 2.24) is 9.97 Å². The van der Waals surface area contributed by atoms with Gasteiger partial charge in [0.25, 0.3) is 0 Å². The molecule has 0 aromatic carbocycles. The Morgan fingerprint density at radius 2 is 2.00 bits per heavy atom. The van der Waals surface area contributed by atoms with E-state index >= 15 is 0 Å². The predicted octanol–water partition coefficient (Wildman–Crippen LogP) is 1.89. The van der Waals surface area contributed by atoms with Crippen molar-refractivity contribution in [3.63, 3.8) is 0 Å². The third kappa shape index (κ3) is 3.84. The maximum Gasteiger partial charge on any atom is 0.135 e. The number of nitrogens with one attached hydrogen (secondary N) is 1. The first-order valence-electron chi connectivity index (χ1n) is 6.41. The Morgan fingerprint density at radius 1 is 1.33 bits per heavy atom. The first-order chi connectivity index (χ1) is 8.39. The van der Waals surface area contributed by atoms with Gasteiger partial charge in [0, 0.05) is 24.1 Å². The fraction of sp³-hybridized carbons (Fsp3) is 0.692. The van der Waals surface area contributed by atoms with E-state index in [1.165, 1.54) is 0 Å². The molecule has 1 aromatic rings. The van der Waals surface area contributed by atoms with Crippen molar-refractivity contribution in [2.24, 2.45) is 0 Å². The molecule has 0 aliphatic carbocycles. The number of aromatic nitrogens is 2. The average molecular weight is 252 g/mol. The minimum Gasteiger partial charge on any atom is -0.396 e. The van der Waals surface area contributed by atoms with E-state index in [1.54, 1.807) is 0 Å². The zero-order valence-electron chi connectivity index (χ0n) is 11.7. The largest absolute Gasteiger partial charge is 0.396 e. The van der Waals surface area contributed by atoms with Gasteiger partial charge in [0.05, 0.1) is 0 Å². The number of hydrogen-bond acceptors (Lipinski definition) is 5. The van der Waals surface area contributed by atoms with Crippen molar-refractivity contribution in [2.45, 2.75) is 52.5 Å². The van der Waals surface area contributed by atoms with Gasteiger partial charge in [0.2, 0.25) is 0 Å². The minimum absolute atomic E-state index is 0.140. The summed E-state index contributed by atoms with van der Waals surface area (Å²) in [5.41, 5.74) is 6.55. The lowest BCUT2D eigenvalue weighted by molar-refractivity contribution is 0.260. The minimum atomic E-state index is -0.218. The van der Waals surface area contributed by atoms with E-state index in [0.717, 1.165) is 30.0 Å². The number of nitrogens with two attached hydrogens (primary N) is 1. The van der Waals surface area contributed by atoms with E-state index in [9.17, 15) is 0 Å². The average Bonchev–Trinajstić information content (AvgIpc) is 2.25. The molecule has 18 heavy (non-hydrogen) atoms. The molecule has 0 saturated carbocycles. The Morgan fingerprint density at radius 3 is 2.56 bits per heavy atom. The van der Waals surface area contributed by atoms with Crippen LogP contribution in [0.1, 0.15) is 45.0 Å². The first-order valence-corrected chi connectivity index (χ1v) is 6.41. The van der Waals surface area contributed by atoms with E-state index in [1.807, 2.05) is 20.8 Å². The third-order valence-corrected chi connectivity index (χ3v) is 2.90. The molecule has 1 rings (SSSR count). The van der Waals surface area contributed by atoms with Gasteiger partial charge >= 0.3 is 0 Å². The Labute approximate surface area is 109 Å². The van der Waals surface area contributed by atoms with Gasteiger partial charge in [-0.2, -0.15) is 0 Å². The lowest BCUT2D eigenvalue weighted by Crippen LogP contribution is -2.33. The molecule has 4 N–H and O–H groups in total. The molecule has 0 spiro atoms. The van der Waals surface area contributed by atoms with Crippen LogP contribution in [0, 0.1) is 6.92 Å². The van der Waals surface area contributed by atoms with E-state index in [0.29, 0.717) is 12.2 Å². The highest BCUT2D eigenvalue weighted by atomic mass is 16.3. The van der Waals surface area contributed by atoms with Gasteiger partial charge < -0.3 is 16.2 Å². The smallest absolute Gasteiger partial charge is 0.135 e. The molecule has 1 aromatic heterocycles. The molecule has 0 bridgehead atoms. The highest BCUT2D eigenvalue weighted by Gasteiger charge is 2.19. The van der Waals surface area contributed by atoms with E-state index < -0.39 is 0 Å². The summed E-state index contributed by atoms with van der Waals surface area (Å²) in [6.07, 6.45) is 2.46. The summed E-state index contributed by atoms with van der Waals surface area (Å²) in [5, 5.41) is 12.4. The molecule has 0 atom stereocenters. The molecule has 0 amide bonds. The topological polar surface area (TPSA) is 84.1 Å². The summed E-state index contributed by atoms with van der Waals surface area (Å²) in [5.74, 6) is 2.06. The second-order valence-corrected chi connectivity index (χ2v) is 5.23. The van der Waals surface area contributed by atoms with Gasteiger partial charge in [-0.1, -0.05) is 6.92 Å². The lowest BCUT2D eigenvalue weighted by Gasteiger charge is -2.27. The molecule has 1 heterocycles. The normalized spacial score (nSPS) is 11.6. The SMILES string of the molecule is CCCc1nc(N)c(C)c(NC(C)(C)CCO)n1. The molecule has 102 valence electrons. The van der Waals surface area contributed by atoms with Gasteiger partial charge in [-0.25, -0.2) is 9.97 Å². The Balaban J connectivity index is 3.00. The molecule has 0 fully saturated rings. The number of nitrogen functional groups attached to an aromatic ring is 1. The monoisotopic (exact) mass is 252 g/mol. The maximum absolute atomic E-state index is 9.05. The number of aliphatic hydroxyl groups is 1. The number of aryl methyl sites for hydroxylation is 1. The van der Waals surface area contributed by atoms with Crippen LogP contribution in [0.4, 0.5) is 11.6 Å². The zero-order valence-corrected chi connectivity index (χ0v) is 11.7. The van der Waals surface area contributed by atoms with Crippen molar-refractivity contribution in [2.75, 3.05) is 17.7 Å². The number of hydrogen-bond donors (Lipinski definition) is 3. The molecule has 0 saturated heterocycles. The summed E-state index contributed by atoms with van der Waals surface area (Å²) in [6.45, 7) is 8.19. The van der Waals surface area contributed by atoms with Crippen LogP contribution >= 0.6 is 0 Å². The quantitative estimate of drug-likeness (QED) is 0.720. The number of anilines is 2. The van der Waals surface area contributed by atoms with E-state index in [-0.39, 0.29) is 12.1 Å². The standard InChI is InChI=1S/C13H24N4O/c1-5-6-10-15-11(14)9(2)12(16-10)17-13(3,4)7-8-18/h18H,5-8H2,1-4H3,(H3,14,15,16,17). The van der Waals surface area contributed by atoms with Crippen LogP contribution in [0.25, 0.3) is 0 Å². The summed E-state index contributed by atoms with van der Waals surface area (Å²) in [4.78, 5) is 8.78. The highest BCUT2D eigenvalue weighted by molar-refractivity contribution is 5.55. The maximum atomic E-state index is 9.05. The van der Waals surface area contributed by atoms with Crippen molar-refractivity contribution in [3.8, 4) is 0 Å². The summed E-state index contributed by atoms with van der Waals surface area (Å²) in [6, 6.07) is 0. The predicted molar refractivity (Wildman–Crippen MR) is 74.6 cm³/mol. The van der Waals surface area contributed by atoms with Crippen LogP contribution in [0.15, 0.2) is 0 Å². The lowest BCUT2D eigenvalue weighted by atomic mass is 10.0. The molecule has 5 nitrogen and oxygen atoms in total. The molecular formula is C13H24N4O. The van der Waals surface area contributed by atoms with Crippen LogP contribution < -0.4 is 11.1 Å². The third-order valence-electron chi connectivity index (χ3n) is 2.90. The zero-order chi connectivity index (χ0) is 13.8. The van der Waals surface area contributed by atoms with Crippen molar-refractivity contribution in [3.05, 3.63) is 11.4 Å². The second-order valence-electron chi connectivity index (χ2n) is 5.23. The Kier molecular flexibility index (Phi) is 4.90. The second kappa shape index (κ2) is 6.00. The molecule has 0 unspecified atom stereocenters. The highest BCUT2D eigenvalue weighted by Crippen LogP contribution is 2.23. The van der Waals surface area contributed by atoms with Crippen LogP contribution in [-0.2, 0) is 6.42 Å². The fourth-order valence-electron chi connectivity index (χ4n) is 1.70. The van der Waals surface area contributed by atoms with Crippen molar-refractivity contribution in [1.29, 1.82) is 0 Å². The summed E-state index contributed by atoms with van der Waals surface area (Å²) < 4.78 is 0. The molecule has 5 heteroatoms. The van der Waals surface area contributed by atoms with Crippen LogP contribution in [0.3, 0.4) is 0 Å². The van der Waals surface area contributed by atoms with E-state index in [2.05, 4.69) is 22.2 Å². The number of nitrogens with zero attached hydrogens (tertiary/aromatic N) is 2. The van der Waals surface area contributed by atoms with Gasteiger partial charge in [0.15, 0.2) is 0 Å². The van der Waals surface area contributed by atoms with Gasteiger partial charge in [0.1, 0.15) is 17.5 Å². The van der Waals surface area contributed by atoms with Crippen LogP contribution in [0.5, 0.6) is 0 Å². The Bertz CT molecular complexity index is 404. The first kappa shape index (κ1) is 14.7. The van der Waals surface area contributed by atoms with Gasteiger partial charge in [-0.15, -0.1) is 0 Å². The summed E-state index contributed by atoms with van der Waals surface area (Å²) in [7, 11) is 0. The fourth-order valence-corrected chi connectivity index (χ4v) is 1.70. The van der Waals surface area contributed by atoms with Crippen LogP contribution in [0.2, 0.25) is 0 Å². The van der Waals surface area contributed by atoms with Crippen molar-refractivity contribution < 1.29 is 5.11 Å². The van der Waals surface area contributed by atoms with Gasteiger partial charge in [-0.3, -0.25) is 0 Å². The number of aliphatic hydroxyl groups excluding tert-OH is 1. The molecule has 0 radical (unpaired) electrons. The molecule has 0 aliphatic rings. The van der Waals surface area contributed by atoms with E-state index in [4.69, 9.17) is 10.8 Å². The Hall–Kier alpha value is -1.36.